The zero-order valence-corrected chi connectivity index (χ0v) is 28.0. The molecule has 0 spiro atoms. The van der Waals surface area contributed by atoms with E-state index >= 15 is 0 Å². The fraction of sp³-hybridized carbons (Fsp3) is 0.516. The third kappa shape index (κ3) is 13.3. The quantitative estimate of drug-likeness (QED) is 0.0928. The summed E-state index contributed by atoms with van der Waals surface area (Å²) in [4.78, 5) is 87.5. The van der Waals surface area contributed by atoms with E-state index in [-0.39, 0.29) is 56.2 Å². The summed E-state index contributed by atoms with van der Waals surface area (Å²) in [5.41, 5.74) is 6.27. The molecule has 1 aliphatic heterocycles. The van der Waals surface area contributed by atoms with Crippen LogP contribution in [0.25, 0.3) is 0 Å². The topological polar surface area (TPSA) is 218 Å². The Labute approximate surface area is 278 Å². The Hall–Kier alpha value is -4.60. The smallest absolute Gasteiger partial charge is 0.407 e. The van der Waals surface area contributed by atoms with Gasteiger partial charge < -0.3 is 37.1 Å². The summed E-state index contributed by atoms with van der Waals surface area (Å²) in [6.07, 6.45) is 4.77. The van der Waals surface area contributed by atoms with E-state index in [2.05, 4.69) is 26.6 Å². The molecule has 1 aliphatic rings. The van der Waals surface area contributed by atoms with Crippen LogP contribution in [0.3, 0.4) is 0 Å². The van der Waals surface area contributed by atoms with Gasteiger partial charge in [0.25, 0.3) is 11.8 Å². The number of rotatable bonds is 19. The molecule has 0 radical (unpaired) electrons. The first-order valence-electron chi connectivity index (χ1n) is 15.3. The van der Waals surface area contributed by atoms with Crippen LogP contribution in [-0.2, 0) is 35.3 Å². The Balaban J connectivity index is 1.93. The predicted octanol–water partition coefficient (Wildman–Crippen LogP) is 1.73. The summed E-state index contributed by atoms with van der Waals surface area (Å²) >= 11 is 1.23. The van der Waals surface area contributed by atoms with Crippen LogP contribution in [0.5, 0.6) is 0 Å². The molecule has 1 aromatic rings. The molecular formula is C31H45N7O8S. The maximum Gasteiger partial charge on any atom is 0.407 e. The number of hydrogen-bond acceptors (Lipinski definition) is 9. The lowest BCUT2D eigenvalue weighted by atomic mass is 10.0. The highest BCUT2D eigenvalue weighted by Crippen LogP contribution is 2.22. The number of imide groups is 1. The molecule has 1 unspecified atom stereocenters. The van der Waals surface area contributed by atoms with Crippen LogP contribution in [0, 0.1) is 5.92 Å². The Kier molecular flexibility index (Phi) is 16.3. The predicted molar refractivity (Wildman–Crippen MR) is 177 cm³/mol. The van der Waals surface area contributed by atoms with Gasteiger partial charge in [-0.1, -0.05) is 32.4 Å². The van der Waals surface area contributed by atoms with E-state index in [1.54, 1.807) is 44.4 Å². The molecule has 15 nitrogen and oxygen atoms in total. The van der Waals surface area contributed by atoms with Crippen molar-refractivity contribution in [3.8, 4) is 0 Å². The second-order valence-corrected chi connectivity index (χ2v) is 12.0. The number of anilines is 1. The zero-order chi connectivity index (χ0) is 34.9. The second kappa shape index (κ2) is 19.8. The van der Waals surface area contributed by atoms with E-state index in [0.717, 1.165) is 0 Å². The van der Waals surface area contributed by atoms with Crippen molar-refractivity contribution in [3.05, 3.63) is 40.8 Å². The lowest BCUT2D eigenvalue weighted by molar-refractivity contribution is -0.137. The molecule has 47 heavy (non-hydrogen) atoms. The maximum absolute atomic E-state index is 13.3. The minimum atomic E-state index is -0.997. The van der Waals surface area contributed by atoms with Crippen molar-refractivity contribution >= 4 is 59.1 Å². The molecule has 1 heterocycles. The van der Waals surface area contributed by atoms with E-state index < -0.39 is 36.0 Å². The van der Waals surface area contributed by atoms with Gasteiger partial charge in [0.15, 0.2) is 0 Å². The molecule has 0 aliphatic carbocycles. The molecule has 7 N–H and O–H groups in total. The standard InChI is InChI=1S/C31H45N7O8S/c1-19(2)26(37-24(39)10-6-5-7-16-38-25(40)17-23(47-4)29(38)43)28(42)36-22(9-8-15-34-30(32)44)27(41)35-21-13-11-20(12-14-21)18-46-31(45)33-3/h11-14,17,19,22,26H,5-10,15-16,18H2,1-4H3,(H,33,45)(H,35,41)(H,36,42)(H,37,39)(H3,32,34,44)/t22-,26?/m0/s1. The number of carbonyl (C=O) groups excluding carboxylic acids is 7. The Morgan fingerprint density at radius 3 is 2.26 bits per heavy atom. The number of nitrogens with zero attached hydrogens (tertiary/aromatic N) is 1. The number of primary amides is 1. The summed E-state index contributed by atoms with van der Waals surface area (Å²) in [5, 5.41) is 13.1. The molecule has 0 saturated carbocycles. The van der Waals surface area contributed by atoms with Gasteiger partial charge in [-0.15, -0.1) is 11.8 Å². The molecule has 0 saturated heterocycles. The van der Waals surface area contributed by atoms with Crippen molar-refractivity contribution in [1.82, 2.24) is 26.2 Å². The van der Waals surface area contributed by atoms with Crippen LogP contribution in [-0.4, -0.2) is 85.0 Å². The number of thioether (sulfide) groups is 1. The average molecular weight is 676 g/mol. The Bertz CT molecular complexity index is 1320. The molecule has 0 bridgehead atoms. The van der Waals surface area contributed by atoms with Gasteiger partial charge in [-0.3, -0.25) is 28.9 Å². The highest BCUT2D eigenvalue weighted by Gasteiger charge is 2.30. The lowest BCUT2D eigenvalue weighted by Gasteiger charge is -2.25. The van der Waals surface area contributed by atoms with Crippen molar-refractivity contribution in [3.63, 3.8) is 0 Å². The van der Waals surface area contributed by atoms with Crippen LogP contribution in [0.2, 0.25) is 0 Å². The number of nitrogens with two attached hydrogens (primary N) is 1. The zero-order valence-electron chi connectivity index (χ0n) is 27.2. The number of ether oxygens (including phenoxy) is 1. The molecule has 0 fully saturated rings. The van der Waals surface area contributed by atoms with E-state index in [1.807, 2.05) is 0 Å². The van der Waals surface area contributed by atoms with Gasteiger partial charge >= 0.3 is 12.1 Å². The average Bonchev–Trinajstić information content (AvgIpc) is 3.31. The van der Waals surface area contributed by atoms with Crippen molar-refractivity contribution in [2.45, 2.75) is 71.1 Å². The van der Waals surface area contributed by atoms with Gasteiger partial charge in [0.2, 0.25) is 17.7 Å². The summed E-state index contributed by atoms with van der Waals surface area (Å²) in [6.45, 7) is 4.04. The second-order valence-electron chi connectivity index (χ2n) is 11.1. The third-order valence-corrected chi connectivity index (χ3v) is 7.88. The minimum absolute atomic E-state index is 0.0409. The SMILES string of the molecule is CNC(=O)OCc1ccc(NC(=O)[C@H](CCCNC(N)=O)NC(=O)C(NC(=O)CCCCCN2C(=O)C=C(SC)C2=O)C(C)C)cc1. The van der Waals surface area contributed by atoms with E-state index in [1.165, 1.54) is 29.8 Å². The molecule has 258 valence electrons. The van der Waals surface area contributed by atoms with Crippen LogP contribution in [0.1, 0.15) is 57.9 Å². The first-order chi connectivity index (χ1) is 22.4. The molecule has 0 aromatic heterocycles. The number of carbonyl (C=O) groups is 7. The van der Waals surface area contributed by atoms with Gasteiger partial charge in [-0.2, -0.15) is 0 Å². The fourth-order valence-corrected chi connectivity index (χ4v) is 5.04. The number of alkyl carbamates (subject to hydrolysis) is 1. The Morgan fingerprint density at radius 1 is 0.957 bits per heavy atom. The van der Waals surface area contributed by atoms with Gasteiger partial charge in [-0.25, -0.2) is 9.59 Å². The maximum atomic E-state index is 13.3. The van der Waals surface area contributed by atoms with Crippen molar-refractivity contribution in [2.75, 3.05) is 31.7 Å². The minimum Gasteiger partial charge on any atom is -0.445 e. The van der Waals surface area contributed by atoms with Gasteiger partial charge in [-0.05, 0) is 55.6 Å². The lowest BCUT2D eigenvalue weighted by Crippen LogP contribution is -2.54. The van der Waals surface area contributed by atoms with Gasteiger partial charge in [0, 0.05) is 38.3 Å². The van der Waals surface area contributed by atoms with Crippen LogP contribution >= 0.6 is 11.8 Å². The number of benzene rings is 1. The Morgan fingerprint density at radius 2 is 1.66 bits per heavy atom. The van der Waals surface area contributed by atoms with Gasteiger partial charge in [0.05, 0.1) is 4.91 Å². The first kappa shape index (κ1) is 38.6. The van der Waals surface area contributed by atoms with Crippen molar-refractivity contribution < 1.29 is 38.3 Å². The van der Waals surface area contributed by atoms with Gasteiger partial charge in [0.1, 0.15) is 18.7 Å². The monoisotopic (exact) mass is 675 g/mol. The molecule has 2 rings (SSSR count). The highest BCUT2D eigenvalue weighted by molar-refractivity contribution is 8.03. The van der Waals surface area contributed by atoms with Crippen LogP contribution in [0.15, 0.2) is 35.2 Å². The summed E-state index contributed by atoms with van der Waals surface area (Å²) in [6, 6.07) is 3.99. The summed E-state index contributed by atoms with van der Waals surface area (Å²) in [5.74, 6) is -2.32. The first-order valence-corrected chi connectivity index (χ1v) is 16.6. The van der Waals surface area contributed by atoms with E-state index in [9.17, 15) is 33.6 Å². The van der Waals surface area contributed by atoms with Crippen molar-refractivity contribution in [1.29, 1.82) is 0 Å². The molecule has 1 aromatic carbocycles. The molecule has 16 heteroatoms. The largest absolute Gasteiger partial charge is 0.445 e. The highest BCUT2D eigenvalue weighted by atomic mass is 32.2. The third-order valence-electron chi connectivity index (χ3n) is 7.14. The van der Waals surface area contributed by atoms with Crippen LogP contribution < -0.4 is 32.3 Å². The number of urea groups is 1. The van der Waals surface area contributed by atoms with Crippen molar-refractivity contribution in [2.24, 2.45) is 11.7 Å². The van der Waals surface area contributed by atoms with E-state index in [4.69, 9.17) is 10.5 Å². The molecular weight excluding hydrogens is 630 g/mol. The molecule has 8 amide bonds. The summed E-state index contributed by atoms with van der Waals surface area (Å²) in [7, 11) is 1.45. The number of hydrogen-bond donors (Lipinski definition) is 6. The summed E-state index contributed by atoms with van der Waals surface area (Å²) < 4.78 is 5.01. The number of amides is 8. The number of nitrogens with one attached hydrogen (secondary N) is 5. The fourth-order valence-electron chi connectivity index (χ4n) is 4.54. The van der Waals surface area contributed by atoms with E-state index in [0.29, 0.717) is 41.8 Å². The molecule has 2 atom stereocenters. The normalized spacial score (nSPS) is 13.8. The van der Waals surface area contributed by atoms with Crippen LogP contribution in [0.4, 0.5) is 15.3 Å². The number of unbranched alkanes of at least 4 members (excludes halogenated alkanes) is 2.